The van der Waals surface area contributed by atoms with Crippen molar-refractivity contribution in [2.45, 2.75) is 6.92 Å². The van der Waals surface area contributed by atoms with Crippen molar-refractivity contribution in [2.24, 2.45) is 0 Å². The molecule has 0 radical (unpaired) electrons. The molecule has 0 saturated carbocycles. The van der Waals surface area contributed by atoms with Crippen molar-refractivity contribution >= 4 is 22.5 Å². The molecule has 0 amide bonds. The van der Waals surface area contributed by atoms with Crippen LogP contribution in [0.15, 0.2) is 72.8 Å². The minimum absolute atomic E-state index is 0.247. The average molecular weight is 346 g/mol. The number of phenolic OH excluding ortho intramolecular Hbond substituents is 1. The molecule has 0 atom stereocenters. The van der Waals surface area contributed by atoms with Gasteiger partial charge in [-0.15, -0.1) is 0 Å². The highest BCUT2D eigenvalue weighted by atomic mass is 35.5. The van der Waals surface area contributed by atoms with Crippen LogP contribution in [0.25, 0.3) is 33.3 Å². The molecule has 3 heteroatoms. The molecule has 0 spiro atoms. The van der Waals surface area contributed by atoms with Crippen LogP contribution in [0.4, 0.5) is 0 Å². The van der Waals surface area contributed by atoms with E-state index in [1.807, 2.05) is 48.5 Å². The number of aromatic nitrogens is 1. The van der Waals surface area contributed by atoms with Crippen LogP contribution in [0.5, 0.6) is 5.75 Å². The predicted octanol–water partition coefficient (Wildman–Crippen LogP) is 6.24. The van der Waals surface area contributed by atoms with Gasteiger partial charge in [-0.3, -0.25) is 0 Å². The molecule has 0 saturated heterocycles. The molecule has 0 bridgehead atoms. The van der Waals surface area contributed by atoms with E-state index in [-0.39, 0.29) is 5.75 Å². The first-order valence-corrected chi connectivity index (χ1v) is 8.46. The van der Waals surface area contributed by atoms with Gasteiger partial charge in [0.25, 0.3) is 0 Å². The molecule has 0 unspecified atom stereocenters. The number of hydrogen-bond acceptors (Lipinski definition) is 2. The second-order valence-corrected chi connectivity index (χ2v) is 6.47. The van der Waals surface area contributed by atoms with Crippen molar-refractivity contribution < 1.29 is 5.11 Å². The Morgan fingerprint density at radius 1 is 0.840 bits per heavy atom. The van der Waals surface area contributed by atoms with Gasteiger partial charge in [-0.05, 0) is 66.1 Å². The van der Waals surface area contributed by atoms with Crippen molar-refractivity contribution in [3.8, 4) is 28.1 Å². The Hall–Kier alpha value is -2.84. The van der Waals surface area contributed by atoms with Crippen LogP contribution >= 0.6 is 11.6 Å². The molecule has 0 aliphatic heterocycles. The van der Waals surface area contributed by atoms with E-state index in [4.69, 9.17) is 16.6 Å². The van der Waals surface area contributed by atoms with Gasteiger partial charge in [0.15, 0.2) is 0 Å². The number of hydrogen-bond donors (Lipinski definition) is 1. The van der Waals surface area contributed by atoms with E-state index in [0.29, 0.717) is 5.02 Å². The number of nitrogens with zero attached hydrogens (tertiary/aromatic N) is 1. The summed E-state index contributed by atoms with van der Waals surface area (Å²) in [6.45, 7) is 2.08. The number of pyridine rings is 1. The molecule has 0 fully saturated rings. The Labute approximate surface area is 151 Å². The standard InChI is InChI=1S/C22H16ClNO/c1-14-21(15-5-3-2-4-6-15)19-13-17(23)9-12-20(19)24-22(14)16-7-10-18(25)11-8-16/h2-13,25H,1H3. The van der Waals surface area contributed by atoms with Crippen molar-refractivity contribution in [3.63, 3.8) is 0 Å². The van der Waals surface area contributed by atoms with E-state index in [2.05, 4.69) is 19.1 Å². The summed E-state index contributed by atoms with van der Waals surface area (Å²) in [5, 5.41) is 11.3. The minimum atomic E-state index is 0.247. The molecule has 1 aromatic heterocycles. The summed E-state index contributed by atoms with van der Waals surface area (Å²) in [5.41, 5.74) is 6.15. The summed E-state index contributed by atoms with van der Waals surface area (Å²) >= 11 is 6.25. The van der Waals surface area contributed by atoms with Crippen molar-refractivity contribution in [3.05, 3.63) is 83.4 Å². The topological polar surface area (TPSA) is 33.1 Å². The summed E-state index contributed by atoms with van der Waals surface area (Å²) in [5.74, 6) is 0.247. The maximum atomic E-state index is 9.57. The van der Waals surface area contributed by atoms with Crippen LogP contribution in [0, 0.1) is 6.92 Å². The van der Waals surface area contributed by atoms with Gasteiger partial charge in [-0.2, -0.15) is 0 Å². The molecular formula is C22H16ClNO. The summed E-state index contributed by atoms with van der Waals surface area (Å²) in [4.78, 5) is 4.86. The molecule has 0 aliphatic rings. The Morgan fingerprint density at radius 3 is 2.28 bits per heavy atom. The molecule has 3 aromatic carbocycles. The minimum Gasteiger partial charge on any atom is -0.508 e. The Morgan fingerprint density at radius 2 is 1.56 bits per heavy atom. The van der Waals surface area contributed by atoms with E-state index < -0.39 is 0 Å². The molecular weight excluding hydrogens is 330 g/mol. The lowest BCUT2D eigenvalue weighted by molar-refractivity contribution is 0.475. The summed E-state index contributed by atoms with van der Waals surface area (Å²) in [6.07, 6.45) is 0. The van der Waals surface area contributed by atoms with Crippen LogP contribution < -0.4 is 0 Å². The highest BCUT2D eigenvalue weighted by Gasteiger charge is 2.15. The number of halogens is 1. The van der Waals surface area contributed by atoms with Crippen LogP contribution in [-0.2, 0) is 0 Å². The zero-order valence-corrected chi connectivity index (χ0v) is 14.5. The lowest BCUT2D eigenvalue weighted by Crippen LogP contribution is -1.95. The number of aromatic hydroxyl groups is 1. The normalized spacial score (nSPS) is 11.0. The largest absolute Gasteiger partial charge is 0.508 e. The Kier molecular flexibility index (Phi) is 3.90. The second kappa shape index (κ2) is 6.23. The van der Waals surface area contributed by atoms with E-state index in [9.17, 15) is 5.11 Å². The molecule has 2 nitrogen and oxygen atoms in total. The number of phenols is 1. The fraction of sp³-hybridized carbons (Fsp3) is 0.0455. The molecule has 25 heavy (non-hydrogen) atoms. The number of benzene rings is 3. The van der Waals surface area contributed by atoms with Gasteiger partial charge in [0.1, 0.15) is 5.75 Å². The third kappa shape index (κ3) is 2.86. The van der Waals surface area contributed by atoms with Crippen molar-refractivity contribution in [1.82, 2.24) is 4.98 Å². The quantitative estimate of drug-likeness (QED) is 0.466. The van der Waals surface area contributed by atoms with Crippen LogP contribution in [0.3, 0.4) is 0 Å². The SMILES string of the molecule is Cc1c(-c2ccc(O)cc2)nc2ccc(Cl)cc2c1-c1ccccc1. The monoisotopic (exact) mass is 345 g/mol. The molecule has 4 rings (SSSR count). The van der Waals surface area contributed by atoms with E-state index in [0.717, 1.165) is 38.9 Å². The van der Waals surface area contributed by atoms with Crippen LogP contribution in [-0.4, -0.2) is 10.1 Å². The molecule has 4 aromatic rings. The van der Waals surface area contributed by atoms with Crippen LogP contribution in [0.1, 0.15) is 5.56 Å². The first-order valence-electron chi connectivity index (χ1n) is 8.08. The van der Waals surface area contributed by atoms with Gasteiger partial charge in [-0.25, -0.2) is 4.98 Å². The highest BCUT2D eigenvalue weighted by Crippen LogP contribution is 2.37. The summed E-state index contributed by atoms with van der Waals surface area (Å²) < 4.78 is 0. The van der Waals surface area contributed by atoms with Gasteiger partial charge in [0, 0.05) is 16.0 Å². The predicted molar refractivity (Wildman–Crippen MR) is 104 cm³/mol. The molecule has 122 valence electrons. The second-order valence-electron chi connectivity index (χ2n) is 6.03. The zero-order valence-electron chi connectivity index (χ0n) is 13.7. The maximum absolute atomic E-state index is 9.57. The van der Waals surface area contributed by atoms with E-state index >= 15 is 0 Å². The van der Waals surface area contributed by atoms with Gasteiger partial charge in [0.05, 0.1) is 11.2 Å². The molecule has 0 aliphatic carbocycles. The van der Waals surface area contributed by atoms with Gasteiger partial charge >= 0.3 is 0 Å². The van der Waals surface area contributed by atoms with E-state index in [1.54, 1.807) is 12.1 Å². The fourth-order valence-corrected chi connectivity index (χ4v) is 3.38. The summed E-state index contributed by atoms with van der Waals surface area (Å²) in [7, 11) is 0. The zero-order chi connectivity index (χ0) is 17.4. The number of fused-ring (bicyclic) bond motifs is 1. The number of rotatable bonds is 2. The highest BCUT2D eigenvalue weighted by molar-refractivity contribution is 6.31. The van der Waals surface area contributed by atoms with Gasteiger partial charge in [0.2, 0.25) is 0 Å². The van der Waals surface area contributed by atoms with E-state index in [1.165, 1.54) is 0 Å². The first-order chi connectivity index (χ1) is 12.1. The van der Waals surface area contributed by atoms with Crippen LogP contribution in [0.2, 0.25) is 5.02 Å². The van der Waals surface area contributed by atoms with Gasteiger partial charge in [-0.1, -0.05) is 41.9 Å². The smallest absolute Gasteiger partial charge is 0.115 e. The maximum Gasteiger partial charge on any atom is 0.115 e. The first kappa shape index (κ1) is 15.7. The third-order valence-electron chi connectivity index (χ3n) is 4.39. The Balaban J connectivity index is 2.08. The van der Waals surface area contributed by atoms with Gasteiger partial charge < -0.3 is 5.11 Å². The summed E-state index contributed by atoms with van der Waals surface area (Å²) in [6, 6.07) is 23.2. The van der Waals surface area contributed by atoms with Crippen molar-refractivity contribution in [1.29, 1.82) is 0 Å². The third-order valence-corrected chi connectivity index (χ3v) is 4.63. The molecule has 1 heterocycles. The lowest BCUT2D eigenvalue weighted by atomic mass is 9.93. The molecule has 1 N–H and O–H groups in total. The lowest BCUT2D eigenvalue weighted by Gasteiger charge is -2.15. The van der Waals surface area contributed by atoms with Crippen molar-refractivity contribution in [2.75, 3.05) is 0 Å². The fourth-order valence-electron chi connectivity index (χ4n) is 3.21. The Bertz CT molecular complexity index is 1060. The average Bonchev–Trinajstić information content (AvgIpc) is 2.63.